The summed E-state index contributed by atoms with van der Waals surface area (Å²) < 4.78 is 21.7. The number of cyclic esters (lactones) is 1. The Bertz CT molecular complexity index is 928. The van der Waals surface area contributed by atoms with Gasteiger partial charge in [0.1, 0.15) is 18.2 Å². The zero-order valence-electron chi connectivity index (χ0n) is 26.4. The number of rotatable bonds is 17. The molecule has 0 aromatic heterocycles. The van der Waals surface area contributed by atoms with Crippen molar-refractivity contribution < 1.29 is 47.9 Å². The maximum absolute atomic E-state index is 13.3. The molecule has 250 valence electrons. The predicted molar refractivity (Wildman–Crippen MR) is 160 cm³/mol. The number of phosphoric acid groups is 1. The predicted octanol–water partition coefficient (Wildman–Crippen LogP) is 2.85. The van der Waals surface area contributed by atoms with Crippen molar-refractivity contribution in [3.05, 3.63) is 0 Å². The van der Waals surface area contributed by atoms with Gasteiger partial charge in [-0.05, 0) is 25.7 Å². The fraction of sp³-hybridized carbons (Fsp3) is 0.862. The van der Waals surface area contributed by atoms with Crippen molar-refractivity contribution in [2.45, 2.75) is 142 Å². The van der Waals surface area contributed by atoms with Crippen LogP contribution in [0.5, 0.6) is 0 Å². The van der Waals surface area contributed by atoms with Crippen LogP contribution >= 0.6 is 7.82 Å². The molecule has 0 aliphatic carbocycles. The molecule has 1 saturated heterocycles. The van der Waals surface area contributed by atoms with E-state index >= 15 is 0 Å². The Morgan fingerprint density at radius 1 is 0.791 bits per heavy atom. The Balaban J connectivity index is 3.02. The average Bonchev–Trinajstić information content (AvgIpc) is 2.93. The molecule has 1 rings (SSSR count). The number of carbonyl (C=O) groups excluding carboxylic acids is 4. The summed E-state index contributed by atoms with van der Waals surface area (Å²) in [6.45, 7) is 7.46. The molecule has 6 N–H and O–H groups in total. The first kappa shape index (κ1) is 39.0. The Hall–Kier alpha value is -2.05. The third-order valence-corrected chi connectivity index (χ3v) is 8.32. The van der Waals surface area contributed by atoms with Gasteiger partial charge in [0.15, 0.2) is 6.04 Å². The Morgan fingerprint density at radius 2 is 1.28 bits per heavy atom. The lowest BCUT2D eigenvalue weighted by molar-refractivity contribution is -0.159. The van der Waals surface area contributed by atoms with E-state index in [1.807, 2.05) is 0 Å². The molecule has 1 aliphatic heterocycles. The van der Waals surface area contributed by atoms with E-state index in [1.165, 1.54) is 44.9 Å². The maximum Gasteiger partial charge on any atom is 0.469 e. The summed E-state index contributed by atoms with van der Waals surface area (Å²) >= 11 is 0. The molecule has 0 saturated carbocycles. The van der Waals surface area contributed by atoms with Gasteiger partial charge in [0.25, 0.3) is 0 Å². The standard InChI is InChI=1S/C29H54N3O10P/c1-6-7-8-9-10-11-12-13-14-15-16-17-23-20(4)26(34)31-24(19(2)3)27(35)32-25(21(5)42-43(38,39)40)28(36)30-22(18-33)29(37)41-23/h19-25,33H,6-18H2,1-5H3,(H,30,36)(H,31,34)(H,32,35)(H2,38,39,40)/t20-,21-,22+,23+,24+,25+/m1/s1. The largest absolute Gasteiger partial charge is 0.469 e. The molecule has 0 radical (unpaired) electrons. The fourth-order valence-corrected chi connectivity index (χ4v) is 5.55. The molecule has 0 aromatic rings. The topological polar surface area (TPSA) is 201 Å². The molecule has 0 unspecified atom stereocenters. The van der Waals surface area contributed by atoms with Gasteiger partial charge in [0.2, 0.25) is 17.7 Å². The van der Waals surface area contributed by atoms with E-state index in [9.17, 15) is 38.6 Å². The Kier molecular flexibility index (Phi) is 18.2. The molecule has 0 spiro atoms. The number of unbranched alkanes of at least 4 members (excludes halogenated alkanes) is 10. The average molecular weight is 636 g/mol. The Morgan fingerprint density at radius 3 is 1.77 bits per heavy atom. The molecule has 43 heavy (non-hydrogen) atoms. The van der Waals surface area contributed by atoms with Gasteiger partial charge < -0.3 is 35.6 Å². The van der Waals surface area contributed by atoms with Gasteiger partial charge in [-0.25, -0.2) is 9.36 Å². The minimum Gasteiger partial charge on any atom is -0.460 e. The number of amides is 3. The van der Waals surface area contributed by atoms with E-state index in [4.69, 9.17) is 4.74 Å². The number of ether oxygens (including phenoxy) is 1. The molecule has 1 fully saturated rings. The third kappa shape index (κ3) is 15.0. The monoisotopic (exact) mass is 635 g/mol. The van der Waals surface area contributed by atoms with Crippen molar-refractivity contribution in [1.29, 1.82) is 0 Å². The van der Waals surface area contributed by atoms with Gasteiger partial charge in [-0.3, -0.25) is 18.9 Å². The lowest BCUT2D eigenvalue weighted by Gasteiger charge is -2.29. The summed E-state index contributed by atoms with van der Waals surface area (Å²) in [4.78, 5) is 71.1. The molecule has 14 heteroatoms. The van der Waals surface area contributed by atoms with Gasteiger partial charge in [-0.1, -0.05) is 91.9 Å². The van der Waals surface area contributed by atoms with Crippen LogP contribution < -0.4 is 16.0 Å². The van der Waals surface area contributed by atoms with Crippen LogP contribution in [-0.4, -0.2) is 75.5 Å². The second kappa shape index (κ2) is 20.1. The summed E-state index contributed by atoms with van der Waals surface area (Å²) in [6, 6.07) is -4.34. The van der Waals surface area contributed by atoms with E-state index in [-0.39, 0.29) is 0 Å². The first-order valence-corrected chi connectivity index (χ1v) is 17.2. The minimum absolute atomic E-state index is 0.373. The van der Waals surface area contributed by atoms with Crippen LogP contribution in [0.15, 0.2) is 0 Å². The van der Waals surface area contributed by atoms with Gasteiger partial charge in [-0.15, -0.1) is 0 Å². The van der Waals surface area contributed by atoms with Gasteiger partial charge >= 0.3 is 13.8 Å². The van der Waals surface area contributed by atoms with Crippen molar-refractivity contribution in [3.8, 4) is 0 Å². The highest BCUT2D eigenvalue weighted by Gasteiger charge is 2.39. The van der Waals surface area contributed by atoms with E-state index in [0.717, 1.165) is 26.2 Å². The molecule has 0 bridgehead atoms. The summed E-state index contributed by atoms with van der Waals surface area (Å²) in [6.07, 6.45) is 10.4. The number of carbonyl (C=O) groups is 4. The molecule has 1 heterocycles. The molecule has 0 aromatic carbocycles. The van der Waals surface area contributed by atoms with Crippen LogP contribution in [0.3, 0.4) is 0 Å². The van der Waals surface area contributed by atoms with Gasteiger partial charge in [0.05, 0.1) is 18.6 Å². The highest BCUT2D eigenvalue weighted by molar-refractivity contribution is 7.46. The van der Waals surface area contributed by atoms with Crippen LogP contribution in [0, 0.1) is 11.8 Å². The van der Waals surface area contributed by atoms with Gasteiger partial charge in [0, 0.05) is 0 Å². The lowest BCUT2D eigenvalue weighted by Crippen LogP contribution is -2.60. The Labute approximate surface area is 255 Å². The van der Waals surface area contributed by atoms with Crippen LogP contribution in [0.25, 0.3) is 0 Å². The molecular weight excluding hydrogens is 581 g/mol. The minimum atomic E-state index is -5.07. The molecule has 6 atom stereocenters. The second-order valence-corrected chi connectivity index (χ2v) is 13.0. The number of esters is 1. The molecular formula is C29H54N3O10P. The van der Waals surface area contributed by atoms with Crippen LogP contribution in [-0.2, 0) is 33.0 Å². The number of aliphatic hydroxyl groups excluding tert-OH is 1. The van der Waals surface area contributed by atoms with E-state index in [2.05, 4.69) is 27.4 Å². The highest BCUT2D eigenvalue weighted by atomic mass is 31.2. The lowest BCUT2D eigenvalue weighted by atomic mass is 9.95. The van der Waals surface area contributed by atoms with Crippen molar-refractivity contribution in [2.24, 2.45) is 11.8 Å². The van der Waals surface area contributed by atoms with Gasteiger partial charge in [-0.2, -0.15) is 0 Å². The second-order valence-electron chi connectivity index (χ2n) is 11.8. The summed E-state index contributed by atoms with van der Waals surface area (Å²) in [5, 5.41) is 17.2. The maximum atomic E-state index is 13.3. The highest BCUT2D eigenvalue weighted by Crippen LogP contribution is 2.38. The zero-order valence-corrected chi connectivity index (χ0v) is 27.3. The number of phosphoric ester groups is 1. The van der Waals surface area contributed by atoms with Crippen molar-refractivity contribution in [2.75, 3.05) is 6.61 Å². The smallest absolute Gasteiger partial charge is 0.460 e. The number of nitrogens with one attached hydrogen (secondary N) is 3. The molecule has 13 nitrogen and oxygen atoms in total. The summed E-state index contributed by atoms with van der Waals surface area (Å²) in [5.74, 6) is -4.61. The zero-order chi connectivity index (χ0) is 32.6. The van der Waals surface area contributed by atoms with Crippen molar-refractivity contribution >= 4 is 31.5 Å². The van der Waals surface area contributed by atoms with E-state index in [0.29, 0.717) is 12.8 Å². The molecule has 1 aliphatic rings. The molecule has 3 amide bonds. The summed E-state index contributed by atoms with van der Waals surface area (Å²) in [5.41, 5.74) is 0. The van der Waals surface area contributed by atoms with Crippen LogP contribution in [0.2, 0.25) is 0 Å². The summed E-state index contributed by atoms with van der Waals surface area (Å²) in [7, 11) is -5.07. The van der Waals surface area contributed by atoms with Crippen molar-refractivity contribution in [3.63, 3.8) is 0 Å². The van der Waals surface area contributed by atoms with Crippen LogP contribution in [0.4, 0.5) is 0 Å². The SMILES string of the molecule is CCCCCCCCCCCCC[C@@H]1OC(=O)[C@H](CO)NC(=O)[C@H]([C@@H](C)OP(=O)(O)O)NC(=O)[C@H](C(C)C)NC(=O)[C@@H]1C. The van der Waals surface area contributed by atoms with E-state index < -0.39 is 80.3 Å². The number of hydrogen-bond donors (Lipinski definition) is 6. The van der Waals surface area contributed by atoms with Crippen LogP contribution in [0.1, 0.15) is 112 Å². The third-order valence-electron chi connectivity index (χ3n) is 7.71. The van der Waals surface area contributed by atoms with E-state index in [1.54, 1.807) is 20.8 Å². The quantitative estimate of drug-likeness (QED) is 0.0784. The first-order valence-electron chi connectivity index (χ1n) is 15.7. The fourth-order valence-electron chi connectivity index (χ4n) is 5.00. The van der Waals surface area contributed by atoms with Crippen molar-refractivity contribution in [1.82, 2.24) is 16.0 Å². The number of hydrogen-bond acceptors (Lipinski definition) is 8. The first-order chi connectivity index (χ1) is 20.2. The normalized spacial score (nSPS) is 25.1. The number of aliphatic hydroxyl groups is 1.